The Labute approximate surface area is 137 Å². The summed E-state index contributed by atoms with van der Waals surface area (Å²) in [6.07, 6.45) is 8.83. The zero-order chi connectivity index (χ0) is 16.5. The normalized spacial score (nSPS) is 15.1. The van der Waals surface area contributed by atoms with Gasteiger partial charge in [-0.25, -0.2) is 0 Å². The number of benzene rings is 1. The van der Waals surface area contributed by atoms with Crippen LogP contribution in [0, 0.1) is 6.92 Å². The van der Waals surface area contributed by atoms with Crippen molar-refractivity contribution >= 4 is 13.3 Å². The van der Waals surface area contributed by atoms with Crippen molar-refractivity contribution in [2.45, 2.75) is 58.7 Å². The van der Waals surface area contributed by atoms with E-state index in [4.69, 9.17) is 4.74 Å². The minimum Gasteiger partial charge on any atom is -0.497 e. The first-order valence-corrected chi connectivity index (χ1v) is 11.2. The predicted octanol–water partition coefficient (Wildman–Crippen LogP) is 5.15. The van der Waals surface area contributed by atoms with Gasteiger partial charge in [0, 0.05) is 6.42 Å². The van der Waals surface area contributed by atoms with Gasteiger partial charge in [-0.1, -0.05) is 69.8 Å². The van der Waals surface area contributed by atoms with Gasteiger partial charge in [0.05, 0.1) is 15.2 Å². The lowest BCUT2D eigenvalue weighted by molar-refractivity contribution is 0.413. The molecule has 0 aliphatic heterocycles. The van der Waals surface area contributed by atoms with E-state index in [9.17, 15) is 0 Å². The summed E-state index contributed by atoms with van der Waals surface area (Å²) >= 11 is 0. The summed E-state index contributed by atoms with van der Waals surface area (Å²) in [7, 11) is 0.195. The Morgan fingerprint density at radius 1 is 1.18 bits per heavy atom. The van der Waals surface area contributed by atoms with Crippen LogP contribution >= 0.6 is 0 Å². The zero-order valence-electron chi connectivity index (χ0n) is 15.2. The van der Waals surface area contributed by atoms with E-state index in [2.05, 4.69) is 71.1 Å². The molecule has 1 aliphatic carbocycles. The van der Waals surface area contributed by atoms with Gasteiger partial charge in [-0.05, 0) is 34.7 Å². The van der Waals surface area contributed by atoms with E-state index in [1.807, 2.05) is 7.11 Å². The van der Waals surface area contributed by atoms with Gasteiger partial charge in [-0.15, -0.1) is 0 Å². The second kappa shape index (κ2) is 6.08. The summed E-state index contributed by atoms with van der Waals surface area (Å²) in [5.41, 5.74) is 4.09. The summed E-state index contributed by atoms with van der Waals surface area (Å²) in [6, 6.07) is 4.65. The first-order valence-electron chi connectivity index (χ1n) is 8.20. The highest BCUT2D eigenvalue weighted by molar-refractivity contribution is 6.92. The Kier molecular flexibility index (Phi) is 4.72. The van der Waals surface area contributed by atoms with Crippen LogP contribution in [0.4, 0.5) is 0 Å². The van der Waals surface area contributed by atoms with Crippen LogP contribution in [0.5, 0.6) is 5.75 Å². The lowest BCUT2D eigenvalue weighted by Gasteiger charge is -2.38. The summed E-state index contributed by atoms with van der Waals surface area (Å²) in [5.74, 6) is 1.12. The van der Waals surface area contributed by atoms with E-state index < -0.39 is 8.07 Å². The van der Waals surface area contributed by atoms with Gasteiger partial charge in [0.1, 0.15) is 5.75 Å². The van der Waals surface area contributed by atoms with Gasteiger partial charge in [0.25, 0.3) is 0 Å². The first kappa shape index (κ1) is 17.1. The average molecular weight is 315 g/mol. The third-order valence-electron chi connectivity index (χ3n) is 5.31. The van der Waals surface area contributed by atoms with Crippen molar-refractivity contribution in [2.24, 2.45) is 0 Å². The number of rotatable bonds is 4. The Morgan fingerprint density at radius 3 is 2.36 bits per heavy atom. The topological polar surface area (TPSA) is 9.23 Å². The molecule has 0 spiro atoms. The zero-order valence-corrected chi connectivity index (χ0v) is 16.2. The molecule has 1 aromatic rings. The van der Waals surface area contributed by atoms with Crippen molar-refractivity contribution in [1.29, 1.82) is 0 Å². The van der Waals surface area contributed by atoms with Crippen LogP contribution in [0.15, 0.2) is 35.9 Å². The van der Waals surface area contributed by atoms with Crippen molar-refractivity contribution in [3.05, 3.63) is 47.1 Å². The minimum atomic E-state index is -1.63. The highest BCUT2D eigenvalue weighted by Gasteiger charge is 2.39. The molecule has 0 bridgehead atoms. The first-order chi connectivity index (χ1) is 10.2. The van der Waals surface area contributed by atoms with Crippen LogP contribution in [0.25, 0.3) is 0 Å². The molecule has 1 nitrogen and oxygen atoms in total. The number of aryl methyl sites for hydroxylation is 1. The van der Waals surface area contributed by atoms with E-state index in [1.54, 1.807) is 0 Å². The Bertz CT molecular complexity index is 615. The lowest BCUT2D eigenvalue weighted by atomic mass is 10.0. The standard InChI is InChI=1S/C20H30OSi/c1-15-12-17(14-16-10-8-9-11-16)19(21-5)18(13-15)22(6,7)20(2,3)4/h8,10-13H,9,14H2,1-7H3. The molecule has 2 rings (SSSR count). The molecular weight excluding hydrogens is 284 g/mol. The third-order valence-corrected chi connectivity index (χ3v) is 10.8. The molecule has 0 heterocycles. The Morgan fingerprint density at radius 2 is 1.86 bits per heavy atom. The summed E-state index contributed by atoms with van der Waals surface area (Å²) in [5, 5.41) is 1.76. The molecule has 22 heavy (non-hydrogen) atoms. The second-order valence-electron chi connectivity index (χ2n) is 7.97. The largest absolute Gasteiger partial charge is 0.497 e. The number of hydrogen-bond donors (Lipinski definition) is 0. The molecule has 0 saturated carbocycles. The van der Waals surface area contributed by atoms with Crippen LogP contribution in [-0.4, -0.2) is 15.2 Å². The van der Waals surface area contributed by atoms with Crippen molar-refractivity contribution in [3.63, 3.8) is 0 Å². The lowest BCUT2D eigenvalue weighted by Crippen LogP contribution is -2.50. The third kappa shape index (κ3) is 3.22. The molecule has 2 heteroatoms. The molecule has 0 saturated heterocycles. The van der Waals surface area contributed by atoms with E-state index in [-0.39, 0.29) is 0 Å². The SMILES string of the molecule is COc1c(CC2=CCC=C2)cc(C)cc1[Si](C)(C)C(C)(C)C. The van der Waals surface area contributed by atoms with Gasteiger partial charge in [0.2, 0.25) is 0 Å². The maximum atomic E-state index is 5.91. The van der Waals surface area contributed by atoms with E-state index >= 15 is 0 Å². The molecule has 0 fully saturated rings. The second-order valence-corrected chi connectivity index (χ2v) is 13.3. The minimum absolute atomic E-state index is 0.303. The molecule has 0 aromatic heterocycles. The van der Waals surface area contributed by atoms with E-state index in [1.165, 1.54) is 21.9 Å². The highest BCUT2D eigenvalue weighted by atomic mass is 28.3. The predicted molar refractivity (Wildman–Crippen MR) is 100 cm³/mol. The van der Waals surface area contributed by atoms with Gasteiger partial charge in [0.15, 0.2) is 0 Å². The van der Waals surface area contributed by atoms with Gasteiger partial charge in [-0.3, -0.25) is 0 Å². The van der Waals surface area contributed by atoms with Crippen molar-refractivity contribution < 1.29 is 4.74 Å². The maximum Gasteiger partial charge on any atom is 0.121 e. The Balaban J connectivity index is 2.55. The fourth-order valence-corrected chi connectivity index (χ4v) is 5.17. The molecule has 1 aliphatic rings. The van der Waals surface area contributed by atoms with E-state index in [0.717, 1.165) is 18.6 Å². The molecular formula is C20H30OSi. The van der Waals surface area contributed by atoms with Gasteiger partial charge < -0.3 is 4.74 Å². The van der Waals surface area contributed by atoms with Crippen LogP contribution < -0.4 is 9.92 Å². The van der Waals surface area contributed by atoms with Gasteiger partial charge >= 0.3 is 0 Å². The maximum absolute atomic E-state index is 5.91. The molecule has 0 unspecified atom stereocenters. The molecule has 1 aromatic carbocycles. The number of hydrogen-bond acceptors (Lipinski definition) is 1. The fourth-order valence-electron chi connectivity index (χ4n) is 2.95. The van der Waals surface area contributed by atoms with Crippen molar-refractivity contribution in [1.82, 2.24) is 0 Å². The van der Waals surface area contributed by atoms with Crippen LogP contribution in [0.1, 0.15) is 38.3 Å². The average Bonchev–Trinajstić information content (AvgIpc) is 2.89. The van der Waals surface area contributed by atoms with Crippen molar-refractivity contribution in [2.75, 3.05) is 7.11 Å². The van der Waals surface area contributed by atoms with Crippen LogP contribution in [0.3, 0.4) is 0 Å². The summed E-state index contributed by atoms with van der Waals surface area (Å²) in [6.45, 7) is 14.2. The molecule has 0 N–H and O–H groups in total. The van der Waals surface area contributed by atoms with Crippen molar-refractivity contribution in [3.8, 4) is 5.75 Å². The number of methoxy groups -OCH3 is 1. The molecule has 0 radical (unpaired) electrons. The number of ether oxygens (including phenoxy) is 1. The summed E-state index contributed by atoms with van der Waals surface area (Å²) in [4.78, 5) is 0. The van der Waals surface area contributed by atoms with E-state index in [0.29, 0.717) is 5.04 Å². The Hall–Kier alpha value is -1.28. The molecule has 0 atom stereocenters. The molecule has 120 valence electrons. The summed E-state index contributed by atoms with van der Waals surface area (Å²) < 4.78 is 5.91. The quantitative estimate of drug-likeness (QED) is 0.699. The smallest absolute Gasteiger partial charge is 0.121 e. The van der Waals surface area contributed by atoms with Crippen LogP contribution in [-0.2, 0) is 6.42 Å². The van der Waals surface area contributed by atoms with Crippen LogP contribution in [0.2, 0.25) is 18.1 Å². The monoisotopic (exact) mass is 314 g/mol. The highest BCUT2D eigenvalue weighted by Crippen LogP contribution is 2.38. The number of allylic oxidation sites excluding steroid dienone is 4. The van der Waals surface area contributed by atoms with Gasteiger partial charge in [-0.2, -0.15) is 0 Å². The fraction of sp³-hybridized carbons (Fsp3) is 0.500. The molecule has 0 amide bonds.